The Morgan fingerprint density at radius 2 is 0.833 bits per heavy atom. The highest BCUT2D eigenvalue weighted by Crippen LogP contribution is 2.36. The summed E-state index contributed by atoms with van der Waals surface area (Å²) in [6.07, 6.45) is 10.7. The van der Waals surface area contributed by atoms with Crippen molar-refractivity contribution < 1.29 is 77.7 Å². The quantitative estimate of drug-likeness (QED) is 0.0152. The number of benzene rings is 8. The number of nitrogen functional groups attached to an aromatic ring is 1. The minimum Gasteiger partial charge on any atom is -0.490 e. The maximum atomic E-state index is 12.7. The fraction of sp³-hybridized carbons (Fsp3) is 0.291. The largest absolute Gasteiger partial charge is 0.490 e. The van der Waals surface area contributed by atoms with E-state index >= 15 is 0 Å². The summed E-state index contributed by atoms with van der Waals surface area (Å²) in [6, 6.07) is 49.9. The minimum absolute atomic E-state index is 0.0123. The number of fused-ring (bicyclic) bond motifs is 4. The number of nitrogens with zero attached hydrogens (tertiary/aromatic N) is 2. The number of hydrogen-bond donors (Lipinski definition) is 13. The van der Waals surface area contributed by atoms with Crippen LogP contribution in [0.4, 0.5) is 22.7 Å². The van der Waals surface area contributed by atoms with Crippen molar-refractivity contribution in [3.8, 4) is 23.0 Å². The number of nitrogens with one attached hydrogen (secondary N) is 6. The van der Waals surface area contributed by atoms with Crippen LogP contribution in [0.2, 0.25) is 5.02 Å². The van der Waals surface area contributed by atoms with Crippen molar-refractivity contribution >= 4 is 99.4 Å². The van der Waals surface area contributed by atoms with Crippen LogP contribution in [0.3, 0.4) is 0 Å². The van der Waals surface area contributed by atoms with E-state index in [0.717, 1.165) is 83.4 Å². The minimum atomic E-state index is -0.889. The van der Waals surface area contributed by atoms with Gasteiger partial charge in [-0.25, -0.2) is 0 Å². The average molecular weight is 1570 g/mol. The Balaban J connectivity index is 0.000000162. The molecule has 4 atom stereocenters. The van der Waals surface area contributed by atoms with Gasteiger partial charge < -0.3 is 83.2 Å². The SMILES string of the molecule is CCCN=C(N)c1ccc(C(=O)Nc2ccc3c(c2)CCC(CC(=O)O)O3)cc1.N=C(N)c1ccc(C(=O)Nc2ccc3c(c2)CCC(CC(=O)O)O3)c(Cl)c1.NC(=NCc1ccccc1)c1ccc(C(=O)Nc2ccc3c(c2)CCC(CC(=O)O)O3)cc1.O=C(O)CC1CCc2cc(NC(=O)/C=C/C3CCNCC3)ccc2O1. The Morgan fingerprint density at radius 1 is 0.465 bits per heavy atom. The van der Waals surface area contributed by atoms with Gasteiger partial charge in [0.05, 0.1) is 42.8 Å². The molecule has 5 aliphatic rings. The van der Waals surface area contributed by atoms with E-state index in [9.17, 15) is 38.4 Å². The number of amides is 4. The van der Waals surface area contributed by atoms with Crippen LogP contribution in [0.1, 0.15) is 153 Å². The van der Waals surface area contributed by atoms with Crippen LogP contribution in [0.5, 0.6) is 23.0 Å². The molecule has 4 unspecified atom stereocenters. The molecule has 0 saturated carbocycles. The van der Waals surface area contributed by atoms with E-state index in [1.807, 2.05) is 67.6 Å². The zero-order chi connectivity index (χ0) is 81.2. The number of rotatable bonds is 24. The van der Waals surface area contributed by atoms with Crippen molar-refractivity contribution in [3.05, 3.63) is 248 Å². The van der Waals surface area contributed by atoms with Crippen LogP contribution in [0.15, 0.2) is 192 Å². The summed E-state index contributed by atoms with van der Waals surface area (Å²) in [4.78, 5) is 102. The molecule has 8 aromatic rings. The Labute approximate surface area is 663 Å². The normalized spacial score (nSPS) is 16.6. The molecule has 5 aliphatic heterocycles. The van der Waals surface area contributed by atoms with Crippen LogP contribution in [0, 0.1) is 11.3 Å². The van der Waals surface area contributed by atoms with Gasteiger partial charge in [-0.1, -0.05) is 85.3 Å². The van der Waals surface area contributed by atoms with E-state index in [1.54, 1.807) is 109 Å². The molecule has 0 spiro atoms. The Hall–Kier alpha value is -12.9. The lowest BCUT2D eigenvalue weighted by Gasteiger charge is -2.25. The first-order valence-electron chi connectivity index (χ1n) is 37.5. The van der Waals surface area contributed by atoms with Gasteiger partial charge in [0.25, 0.3) is 17.7 Å². The smallest absolute Gasteiger partial charge is 0.307 e. The fourth-order valence-corrected chi connectivity index (χ4v) is 13.4. The highest BCUT2D eigenvalue weighted by atomic mass is 35.5. The second-order valence-electron chi connectivity index (χ2n) is 27.8. The molecule has 0 aromatic heterocycles. The van der Waals surface area contributed by atoms with Crippen LogP contribution >= 0.6 is 11.6 Å². The van der Waals surface area contributed by atoms with Gasteiger partial charge in [0.15, 0.2) is 0 Å². The van der Waals surface area contributed by atoms with Gasteiger partial charge in [0, 0.05) is 57.1 Å². The lowest BCUT2D eigenvalue weighted by atomic mass is 9.98. The number of hydrogen-bond acceptors (Lipinski definition) is 16. The number of aliphatic carboxylic acids is 4. The van der Waals surface area contributed by atoms with Crippen molar-refractivity contribution in [2.75, 3.05) is 40.9 Å². The monoisotopic (exact) mass is 1570 g/mol. The van der Waals surface area contributed by atoms with Gasteiger partial charge in [-0.15, -0.1) is 0 Å². The molecular weight excluding hydrogens is 1480 g/mol. The molecule has 13 rings (SSSR count). The summed E-state index contributed by atoms with van der Waals surface area (Å²) in [5.41, 5.74) is 28.3. The van der Waals surface area contributed by atoms with Crippen molar-refractivity contribution in [2.45, 2.75) is 134 Å². The first kappa shape index (κ1) is 83.6. The van der Waals surface area contributed by atoms with E-state index < -0.39 is 23.9 Å². The number of aliphatic imine (C=N–C) groups is 2. The molecule has 594 valence electrons. The maximum Gasteiger partial charge on any atom is 0.307 e. The van der Waals surface area contributed by atoms with Gasteiger partial charge in [-0.05, 0) is 233 Å². The molecule has 8 aromatic carbocycles. The number of anilines is 4. The number of allylic oxidation sites excluding steroid dienone is 1. The van der Waals surface area contributed by atoms with Crippen LogP contribution < -0.4 is 62.7 Å². The van der Waals surface area contributed by atoms with E-state index in [1.165, 1.54) is 12.1 Å². The third-order valence-electron chi connectivity index (χ3n) is 19.1. The molecule has 16 N–H and O–H groups in total. The zero-order valence-corrected chi connectivity index (χ0v) is 63.6. The van der Waals surface area contributed by atoms with Gasteiger partial charge in [0.2, 0.25) is 5.91 Å². The predicted molar refractivity (Wildman–Crippen MR) is 435 cm³/mol. The van der Waals surface area contributed by atoms with Gasteiger partial charge in [0.1, 0.15) is 64.9 Å². The molecule has 0 radical (unpaired) electrons. The third kappa shape index (κ3) is 25.3. The first-order chi connectivity index (χ1) is 54.9. The van der Waals surface area contributed by atoms with Crippen molar-refractivity contribution in [3.63, 3.8) is 0 Å². The first-order valence-corrected chi connectivity index (χ1v) is 37.9. The van der Waals surface area contributed by atoms with Crippen molar-refractivity contribution in [2.24, 2.45) is 33.1 Å². The lowest BCUT2D eigenvalue weighted by molar-refractivity contribution is -0.140. The number of nitrogens with two attached hydrogens (primary N) is 3. The number of amidine groups is 3. The number of carboxylic acids is 4. The fourth-order valence-electron chi connectivity index (χ4n) is 13.1. The number of carbonyl (C=O) groups excluding carboxylic acids is 4. The lowest BCUT2D eigenvalue weighted by Crippen LogP contribution is -2.27. The number of aryl methyl sites for hydroxylation is 4. The number of halogens is 1. The van der Waals surface area contributed by atoms with Gasteiger partial charge >= 0.3 is 23.9 Å². The second-order valence-corrected chi connectivity index (χ2v) is 28.2. The second kappa shape index (κ2) is 40.9. The predicted octanol–water partition coefficient (Wildman–Crippen LogP) is 12.6. The summed E-state index contributed by atoms with van der Waals surface area (Å²) in [5.74, 6) is -0.530. The van der Waals surface area contributed by atoms with Crippen LogP contribution in [0.25, 0.3) is 0 Å². The molecule has 1 fully saturated rings. The van der Waals surface area contributed by atoms with Crippen molar-refractivity contribution in [1.29, 1.82) is 5.41 Å². The molecule has 4 amide bonds. The molecule has 1 saturated heterocycles. The molecule has 27 nitrogen and oxygen atoms in total. The molecule has 0 bridgehead atoms. The van der Waals surface area contributed by atoms with Gasteiger partial charge in [-0.3, -0.25) is 53.8 Å². The number of carbonyl (C=O) groups is 8. The topological polar surface area (TPSA) is 441 Å². The molecule has 0 aliphatic carbocycles. The number of piperidine rings is 1. The summed E-state index contributed by atoms with van der Waals surface area (Å²) in [5, 5.41) is 58.0. The highest BCUT2D eigenvalue weighted by Gasteiger charge is 2.28. The van der Waals surface area contributed by atoms with Crippen molar-refractivity contribution in [1.82, 2.24) is 5.32 Å². The summed E-state index contributed by atoms with van der Waals surface area (Å²) >= 11 is 6.13. The molecule has 28 heteroatoms. The summed E-state index contributed by atoms with van der Waals surface area (Å²) in [7, 11) is 0. The van der Waals surface area contributed by atoms with E-state index in [2.05, 4.69) is 36.6 Å². The summed E-state index contributed by atoms with van der Waals surface area (Å²) < 4.78 is 22.9. The highest BCUT2D eigenvalue weighted by molar-refractivity contribution is 6.35. The Morgan fingerprint density at radius 3 is 1.21 bits per heavy atom. The third-order valence-corrected chi connectivity index (χ3v) is 19.4. The zero-order valence-electron chi connectivity index (χ0n) is 62.8. The molecule has 5 heterocycles. The van der Waals surface area contributed by atoms with E-state index in [4.69, 9.17) is 73.6 Å². The average Bonchev–Trinajstić information content (AvgIpc) is 0.833. The molecule has 114 heavy (non-hydrogen) atoms. The number of ether oxygens (including phenoxy) is 4. The van der Waals surface area contributed by atoms with Gasteiger partial charge in [-0.2, -0.15) is 0 Å². The Bertz CT molecular complexity index is 4900. The van der Waals surface area contributed by atoms with Crippen LogP contribution in [-0.2, 0) is 56.2 Å². The number of carboxylic acid groups (broad SMARTS) is 4. The summed E-state index contributed by atoms with van der Waals surface area (Å²) in [6.45, 7) is 5.21. The van der Waals surface area contributed by atoms with E-state index in [0.29, 0.717) is 132 Å². The Kier molecular flexibility index (Phi) is 30.0. The van der Waals surface area contributed by atoms with Crippen LogP contribution in [-0.4, -0.2) is 129 Å². The van der Waals surface area contributed by atoms with E-state index in [-0.39, 0.29) is 90.1 Å². The maximum absolute atomic E-state index is 12.7. The standard InChI is InChI=1S/C26H25N3O4.C22H25N3O4.C19H18ClN3O4.C19H24N2O4/c27-25(28-16-17-4-2-1-3-5-17)18-6-8-19(9-7-18)26(32)29-21-11-13-23-20(14-21)10-12-22(33-23)15-24(30)31;1-2-11-24-21(23)14-3-5-15(6-4-14)22(28)25-17-8-10-19-16(12-17)7-9-18(29-19)13-20(26)27;20-15-8-11(18(21)22)2-5-14(15)19(26)23-12-3-6-16-10(7-12)1-4-13(27-16)9-17(24)25;22-18(6-1-13-7-9-20-10-8-13)21-15-3-5-17-14(11-15)2-4-16(25-17)12-19(23)24/h1-9,11,13-14,22H,10,12,15-16H2,(H2,27,28)(H,29,32)(H,30,31);3-6,8,10,12,18H,2,7,9,11,13H2,1H3,(H2,23,24)(H,25,28)(H,26,27);2-3,5-8,13H,1,4,9H2,(H3,21,22)(H,23,26)(H,24,25);1,3,5-6,11,13,16,20H,2,4,7-10,12H2,(H,21,22)(H,23,24)/b;;;6-1+. The molecular formula is C86H92ClN11O16.